The molecule has 0 saturated carbocycles. The summed E-state index contributed by atoms with van der Waals surface area (Å²) in [6.07, 6.45) is 21.5. The molecule has 1 aliphatic rings. The minimum atomic E-state index is 1.13. The molecule has 1 saturated heterocycles. The summed E-state index contributed by atoms with van der Waals surface area (Å²) >= 11 is 0. The molecule has 0 unspecified atom stereocenters. The van der Waals surface area contributed by atoms with E-state index in [1.807, 2.05) is 0 Å². The Hall–Kier alpha value is -0.160. The minimum absolute atomic E-state index is 1.13. The van der Waals surface area contributed by atoms with E-state index in [1.54, 1.807) is 0 Å². The van der Waals surface area contributed by atoms with Crippen molar-refractivity contribution >= 4 is 0 Å². The highest BCUT2D eigenvalue weighted by Crippen LogP contribution is 2.12. The number of hydrogen-bond donors (Lipinski definition) is 0. The quantitative estimate of drug-likeness (QED) is 0.200. The van der Waals surface area contributed by atoms with Crippen LogP contribution in [0.15, 0.2) is 0 Å². The van der Waals surface area contributed by atoms with Gasteiger partial charge in [0.05, 0.1) is 0 Å². The van der Waals surface area contributed by atoms with Gasteiger partial charge in [0.25, 0.3) is 0 Å². The van der Waals surface area contributed by atoms with Crippen LogP contribution in [0, 0.1) is 0 Å². The van der Waals surface area contributed by atoms with E-state index in [-0.39, 0.29) is 0 Å². The maximum absolute atomic E-state index is 2.61. The lowest BCUT2D eigenvalue weighted by Gasteiger charge is -2.36. The lowest BCUT2D eigenvalue weighted by atomic mass is 10.1. The number of unbranched alkanes of at least 4 members (excludes halogenated alkanes) is 12. The zero-order valence-corrected chi connectivity index (χ0v) is 25.5. The van der Waals surface area contributed by atoms with E-state index in [1.165, 1.54) is 149 Å². The molecule has 0 aromatic carbocycles. The summed E-state index contributed by atoms with van der Waals surface area (Å²) < 4.78 is 0. The zero-order valence-electron chi connectivity index (χ0n) is 25.5. The predicted molar refractivity (Wildman–Crippen MR) is 159 cm³/mol. The Labute approximate surface area is 223 Å². The number of nitrogens with zero attached hydrogens (tertiary/aromatic N) is 4. The Bertz CT molecular complexity index is 391. The fourth-order valence-electron chi connectivity index (χ4n) is 5.20. The monoisotopic (exact) mass is 497 g/mol. The third kappa shape index (κ3) is 20.6. The zero-order chi connectivity index (χ0) is 26.0. The molecule has 0 N–H and O–H groups in total. The largest absolute Gasteiger partial charge is 0.304 e. The van der Waals surface area contributed by atoms with Gasteiger partial charge in [0, 0.05) is 32.7 Å². The maximum atomic E-state index is 2.61. The van der Waals surface area contributed by atoms with E-state index in [4.69, 9.17) is 0 Å². The molecule has 1 aliphatic heterocycles. The van der Waals surface area contributed by atoms with Crippen molar-refractivity contribution in [2.45, 2.75) is 138 Å². The molecule has 4 heteroatoms. The average Bonchev–Trinajstić information content (AvgIpc) is 2.88. The van der Waals surface area contributed by atoms with E-state index < -0.39 is 0 Å². The second-order valence-corrected chi connectivity index (χ2v) is 10.6. The summed E-state index contributed by atoms with van der Waals surface area (Å²) in [4.78, 5) is 5.21. The highest BCUT2D eigenvalue weighted by Gasteiger charge is 2.15. The first-order valence-corrected chi connectivity index (χ1v) is 16.1. The minimum Gasteiger partial charge on any atom is -0.304 e. The lowest BCUT2D eigenvalue weighted by Crippen LogP contribution is -2.48. The smallest absolute Gasteiger partial charge is 0.0261 e. The van der Waals surface area contributed by atoms with Crippen LogP contribution >= 0.6 is 0 Å². The number of likely N-dealkylation sites (N-methyl/N-ethyl adjacent to an activating group) is 2. The van der Waals surface area contributed by atoms with Crippen LogP contribution in [0.1, 0.15) is 138 Å². The first kappa shape index (κ1) is 34.8. The summed E-state index contributed by atoms with van der Waals surface area (Å²) in [5.41, 5.74) is 0. The molecule has 1 fully saturated rings. The lowest BCUT2D eigenvalue weighted by molar-refractivity contribution is -0.0263. The fourth-order valence-corrected chi connectivity index (χ4v) is 5.20. The van der Waals surface area contributed by atoms with E-state index in [9.17, 15) is 0 Å². The number of hydrazine groups is 1. The Morgan fingerprint density at radius 1 is 0.343 bits per heavy atom. The molecular formula is C31H68N4. The van der Waals surface area contributed by atoms with Gasteiger partial charge in [-0.05, 0) is 45.6 Å². The summed E-state index contributed by atoms with van der Waals surface area (Å²) in [6, 6.07) is 0. The Morgan fingerprint density at radius 3 is 1.06 bits per heavy atom. The Morgan fingerprint density at radius 2 is 0.686 bits per heavy atom. The van der Waals surface area contributed by atoms with Gasteiger partial charge in [-0.2, -0.15) is 0 Å². The van der Waals surface area contributed by atoms with E-state index in [0.29, 0.717) is 0 Å². The molecule has 0 radical (unpaired) electrons. The van der Waals surface area contributed by atoms with E-state index in [0.717, 1.165) is 13.1 Å². The van der Waals surface area contributed by atoms with E-state index >= 15 is 0 Å². The van der Waals surface area contributed by atoms with Crippen LogP contribution in [0.3, 0.4) is 0 Å². The van der Waals surface area contributed by atoms with Crippen molar-refractivity contribution in [3.05, 3.63) is 0 Å². The molecule has 0 atom stereocenters. The summed E-state index contributed by atoms with van der Waals surface area (Å²) in [6.45, 7) is 25.7. The second-order valence-electron chi connectivity index (χ2n) is 10.6. The van der Waals surface area contributed by atoms with Crippen molar-refractivity contribution in [1.29, 1.82) is 0 Å². The van der Waals surface area contributed by atoms with Gasteiger partial charge in [-0.1, -0.05) is 125 Å². The van der Waals surface area contributed by atoms with Crippen LogP contribution in [0.25, 0.3) is 0 Å². The second kappa shape index (κ2) is 26.9. The number of hydrogen-bond acceptors (Lipinski definition) is 4. The highest BCUT2D eigenvalue weighted by atomic mass is 15.6. The molecule has 0 amide bonds. The van der Waals surface area contributed by atoms with Crippen LogP contribution in [0.4, 0.5) is 0 Å². The third-order valence-corrected chi connectivity index (χ3v) is 7.75. The Kier molecular flexibility index (Phi) is 26.8. The highest BCUT2D eigenvalue weighted by molar-refractivity contribution is 4.66. The van der Waals surface area contributed by atoms with Crippen molar-refractivity contribution < 1.29 is 0 Å². The standard InChI is InChI=1S/C16H36N4.C15H32/c1-5-17-11-9-12-18(6-2)15-16-20(8-4)19(7-3)14-10-13-17;1-3-5-7-9-11-13-15-14-12-10-8-6-4-2/h5-16H2,1-4H3;3-15H2,1-2H3. The van der Waals surface area contributed by atoms with Gasteiger partial charge in [-0.3, -0.25) is 0 Å². The van der Waals surface area contributed by atoms with Crippen molar-refractivity contribution in [3.8, 4) is 0 Å². The molecule has 0 spiro atoms. The molecule has 0 aromatic rings. The molecule has 1 heterocycles. The van der Waals surface area contributed by atoms with Crippen molar-refractivity contribution in [3.63, 3.8) is 0 Å². The van der Waals surface area contributed by atoms with Gasteiger partial charge >= 0.3 is 0 Å². The van der Waals surface area contributed by atoms with Crippen LogP contribution in [-0.4, -0.2) is 85.3 Å². The molecule has 0 bridgehead atoms. The summed E-state index contributed by atoms with van der Waals surface area (Å²) in [5, 5.41) is 5.09. The van der Waals surface area contributed by atoms with Crippen molar-refractivity contribution in [2.24, 2.45) is 0 Å². The van der Waals surface area contributed by atoms with Crippen molar-refractivity contribution in [2.75, 3.05) is 65.4 Å². The first-order valence-electron chi connectivity index (χ1n) is 16.1. The molecule has 0 aromatic heterocycles. The van der Waals surface area contributed by atoms with Gasteiger partial charge in [0.2, 0.25) is 0 Å². The van der Waals surface area contributed by atoms with Gasteiger partial charge in [-0.25, -0.2) is 10.0 Å². The predicted octanol–water partition coefficient (Wildman–Crippen LogP) is 8.08. The maximum Gasteiger partial charge on any atom is 0.0261 e. The number of rotatable bonds is 16. The topological polar surface area (TPSA) is 13.0 Å². The summed E-state index contributed by atoms with van der Waals surface area (Å²) in [5.74, 6) is 0. The van der Waals surface area contributed by atoms with Gasteiger partial charge in [0.1, 0.15) is 0 Å². The van der Waals surface area contributed by atoms with E-state index in [2.05, 4.69) is 61.4 Å². The SMILES string of the molecule is CCCCCCCCCCCCCCC.CCN1CCCN(CC)CCN(CC)N(CC)CCC1. The molecule has 212 valence electrons. The van der Waals surface area contributed by atoms with Crippen LogP contribution in [0.5, 0.6) is 0 Å². The molecule has 35 heavy (non-hydrogen) atoms. The third-order valence-electron chi connectivity index (χ3n) is 7.75. The van der Waals surface area contributed by atoms with Gasteiger partial charge < -0.3 is 9.80 Å². The van der Waals surface area contributed by atoms with Crippen LogP contribution in [0.2, 0.25) is 0 Å². The first-order chi connectivity index (χ1) is 17.2. The average molecular weight is 497 g/mol. The normalized spacial score (nSPS) is 18.0. The molecule has 1 rings (SSSR count). The van der Waals surface area contributed by atoms with Crippen molar-refractivity contribution in [1.82, 2.24) is 19.8 Å². The fraction of sp³-hybridized carbons (Fsp3) is 1.00. The van der Waals surface area contributed by atoms with Gasteiger partial charge in [-0.15, -0.1) is 0 Å². The van der Waals surface area contributed by atoms with Gasteiger partial charge in [0.15, 0.2) is 0 Å². The van der Waals surface area contributed by atoms with Crippen LogP contribution < -0.4 is 0 Å². The Balaban J connectivity index is 0.000000691. The molecule has 4 nitrogen and oxygen atoms in total. The molecular weight excluding hydrogens is 428 g/mol. The summed E-state index contributed by atoms with van der Waals surface area (Å²) in [7, 11) is 0. The molecule has 0 aliphatic carbocycles. The van der Waals surface area contributed by atoms with Crippen LogP contribution in [-0.2, 0) is 0 Å².